The summed E-state index contributed by atoms with van der Waals surface area (Å²) in [4.78, 5) is 0. The predicted molar refractivity (Wildman–Crippen MR) is 91.4 cm³/mol. The summed E-state index contributed by atoms with van der Waals surface area (Å²) in [6.45, 7) is 2.07. The first-order valence-corrected chi connectivity index (χ1v) is 7.83. The van der Waals surface area contributed by atoms with E-state index in [1.165, 1.54) is 5.56 Å². The van der Waals surface area contributed by atoms with Crippen molar-refractivity contribution in [2.75, 3.05) is 12.8 Å². The number of nitrogens with two attached hydrogens (primary N) is 1. The van der Waals surface area contributed by atoms with E-state index in [0.29, 0.717) is 0 Å². The van der Waals surface area contributed by atoms with Crippen molar-refractivity contribution in [1.82, 2.24) is 10.9 Å². The zero-order valence-electron chi connectivity index (χ0n) is 13.5. The van der Waals surface area contributed by atoms with Gasteiger partial charge in [-0.2, -0.15) is 0 Å². The van der Waals surface area contributed by atoms with Gasteiger partial charge in [0.1, 0.15) is 17.6 Å². The molecule has 5 nitrogen and oxygen atoms in total. The first kappa shape index (κ1) is 15.6. The van der Waals surface area contributed by atoms with Crippen molar-refractivity contribution >= 4 is 5.69 Å². The highest BCUT2D eigenvalue weighted by Gasteiger charge is 2.30. The molecule has 4 N–H and O–H groups in total. The fraction of sp³-hybridized carbons (Fsp3) is 0.333. The van der Waals surface area contributed by atoms with Crippen LogP contribution in [0.1, 0.15) is 24.9 Å². The molecule has 1 heterocycles. The Morgan fingerprint density at radius 2 is 1.83 bits per heavy atom. The Hall–Kier alpha value is -2.24. The van der Waals surface area contributed by atoms with Crippen LogP contribution in [0.4, 0.5) is 5.69 Å². The fourth-order valence-corrected chi connectivity index (χ4v) is 2.83. The second-order valence-electron chi connectivity index (χ2n) is 5.85. The Balaban J connectivity index is 1.59. The van der Waals surface area contributed by atoms with Crippen molar-refractivity contribution in [2.45, 2.75) is 31.5 Å². The smallest absolute Gasteiger partial charge is 0.120 e. The molecule has 5 heteroatoms. The molecular formula is C18H23N3O2. The molecule has 1 aliphatic rings. The van der Waals surface area contributed by atoms with Crippen LogP contribution in [0.3, 0.4) is 0 Å². The molecule has 3 unspecified atom stereocenters. The van der Waals surface area contributed by atoms with Crippen LogP contribution < -0.4 is 26.1 Å². The van der Waals surface area contributed by atoms with E-state index < -0.39 is 0 Å². The average Bonchev–Trinajstić information content (AvgIpc) is 3.06. The molecule has 1 saturated heterocycles. The lowest BCUT2D eigenvalue weighted by Gasteiger charge is -2.20. The van der Waals surface area contributed by atoms with Crippen LogP contribution in [0, 0.1) is 0 Å². The highest BCUT2D eigenvalue weighted by Crippen LogP contribution is 2.26. The van der Waals surface area contributed by atoms with Gasteiger partial charge in [0.15, 0.2) is 0 Å². The topological polar surface area (TPSA) is 68.5 Å². The van der Waals surface area contributed by atoms with E-state index in [0.717, 1.165) is 23.6 Å². The first-order chi connectivity index (χ1) is 11.2. The summed E-state index contributed by atoms with van der Waals surface area (Å²) in [6, 6.07) is 16.1. The largest absolute Gasteiger partial charge is 0.497 e. The van der Waals surface area contributed by atoms with Gasteiger partial charge in [-0.25, -0.2) is 5.43 Å². The minimum Gasteiger partial charge on any atom is -0.497 e. The summed E-state index contributed by atoms with van der Waals surface area (Å²) in [6.07, 6.45) is 0.989. The summed E-state index contributed by atoms with van der Waals surface area (Å²) >= 11 is 0. The van der Waals surface area contributed by atoms with Crippen molar-refractivity contribution in [2.24, 2.45) is 0 Å². The van der Waals surface area contributed by atoms with Gasteiger partial charge in [0.05, 0.1) is 13.2 Å². The van der Waals surface area contributed by atoms with Gasteiger partial charge < -0.3 is 15.2 Å². The van der Waals surface area contributed by atoms with E-state index in [-0.39, 0.29) is 18.2 Å². The lowest BCUT2D eigenvalue weighted by molar-refractivity contribution is 0.176. The monoisotopic (exact) mass is 313 g/mol. The van der Waals surface area contributed by atoms with Gasteiger partial charge >= 0.3 is 0 Å². The number of methoxy groups -OCH3 is 1. The molecule has 0 aliphatic carbocycles. The molecule has 1 fully saturated rings. The zero-order valence-corrected chi connectivity index (χ0v) is 13.5. The number of ether oxygens (including phenoxy) is 2. The van der Waals surface area contributed by atoms with E-state index in [1.807, 2.05) is 42.5 Å². The van der Waals surface area contributed by atoms with Gasteiger partial charge in [-0.3, -0.25) is 5.43 Å². The minimum absolute atomic E-state index is 0.0435. The van der Waals surface area contributed by atoms with E-state index >= 15 is 0 Å². The Bertz CT molecular complexity index is 645. The SMILES string of the molecule is COc1ccc(OC(C)C2CC(c3cccc(N)c3)NN2)cc1. The highest BCUT2D eigenvalue weighted by molar-refractivity contribution is 5.42. The summed E-state index contributed by atoms with van der Waals surface area (Å²) in [7, 11) is 1.66. The second-order valence-corrected chi connectivity index (χ2v) is 5.85. The van der Waals surface area contributed by atoms with Crippen LogP contribution in [-0.4, -0.2) is 19.3 Å². The van der Waals surface area contributed by atoms with Crippen molar-refractivity contribution in [3.05, 3.63) is 54.1 Å². The van der Waals surface area contributed by atoms with Crippen LogP contribution in [0.15, 0.2) is 48.5 Å². The Morgan fingerprint density at radius 1 is 1.09 bits per heavy atom. The number of rotatable bonds is 5. The molecule has 2 aromatic rings. The number of hydrazine groups is 1. The highest BCUT2D eigenvalue weighted by atomic mass is 16.5. The van der Waals surface area contributed by atoms with Crippen molar-refractivity contribution in [3.63, 3.8) is 0 Å². The number of hydrogen-bond acceptors (Lipinski definition) is 5. The Kier molecular flexibility index (Phi) is 4.69. The summed E-state index contributed by atoms with van der Waals surface area (Å²) in [5.74, 6) is 1.67. The van der Waals surface area contributed by atoms with Crippen LogP contribution in [0.5, 0.6) is 11.5 Å². The lowest BCUT2D eigenvalue weighted by atomic mass is 9.99. The van der Waals surface area contributed by atoms with Gasteiger partial charge in [-0.15, -0.1) is 0 Å². The molecule has 0 spiro atoms. The number of nitrogens with one attached hydrogen (secondary N) is 2. The van der Waals surface area contributed by atoms with Crippen LogP contribution in [0.2, 0.25) is 0 Å². The Labute approximate surface area is 136 Å². The zero-order chi connectivity index (χ0) is 16.2. The maximum Gasteiger partial charge on any atom is 0.120 e. The van der Waals surface area contributed by atoms with Crippen LogP contribution >= 0.6 is 0 Å². The molecule has 0 aromatic heterocycles. The first-order valence-electron chi connectivity index (χ1n) is 7.83. The molecule has 0 amide bonds. The predicted octanol–water partition coefficient (Wildman–Crippen LogP) is 2.65. The third kappa shape index (κ3) is 3.75. The molecular weight excluding hydrogens is 290 g/mol. The summed E-state index contributed by atoms with van der Waals surface area (Å²) < 4.78 is 11.2. The van der Waals surface area contributed by atoms with Crippen LogP contribution in [0.25, 0.3) is 0 Å². The molecule has 3 rings (SSSR count). The van der Waals surface area contributed by atoms with E-state index in [4.69, 9.17) is 15.2 Å². The van der Waals surface area contributed by atoms with Crippen molar-refractivity contribution in [1.29, 1.82) is 0 Å². The molecule has 0 bridgehead atoms. The minimum atomic E-state index is 0.0435. The second kappa shape index (κ2) is 6.89. The molecule has 0 saturated carbocycles. The summed E-state index contributed by atoms with van der Waals surface area (Å²) in [5, 5.41) is 0. The molecule has 0 radical (unpaired) electrons. The maximum atomic E-state index is 6.02. The van der Waals surface area contributed by atoms with Gasteiger partial charge in [0, 0.05) is 11.7 Å². The quantitative estimate of drug-likeness (QED) is 0.741. The number of nitrogen functional groups attached to an aromatic ring is 1. The molecule has 23 heavy (non-hydrogen) atoms. The average molecular weight is 313 g/mol. The van der Waals surface area contributed by atoms with Gasteiger partial charge in [-0.1, -0.05) is 12.1 Å². The third-order valence-corrected chi connectivity index (χ3v) is 4.19. The molecule has 2 aromatic carbocycles. The number of anilines is 1. The lowest BCUT2D eigenvalue weighted by Crippen LogP contribution is -2.40. The maximum absolute atomic E-state index is 6.02. The van der Waals surface area contributed by atoms with E-state index in [2.05, 4.69) is 23.8 Å². The van der Waals surface area contributed by atoms with Crippen molar-refractivity contribution in [3.8, 4) is 11.5 Å². The van der Waals surface area contributed by atoms with Crippen molar-refractivity contribution < 1.29 is 9.47 Å². The van der Waals surface area contributed by atoms with Gasteiger partial charge in [-0.05, 0) is 55.3 Å². The number of benzene rings is 2. The fourth-order valence-electron chi connectivity index (χ4n) is 2.83. The summed E-state index contributed by atoms with van der Waals surface area (Å²) in [5.41, 5.74) is 14.5. The van der Waals surface area contributed by atoms with E-state index in [9.17, 15) is 0 Å². The standard InChI is InChI=1S/C18H23N3O2/c1-12(23-16-8-6-15(22-2)7-9-16)17-11-18(21-20-17)13-4-3-5-14(19)10-13/h3-10,12,17-18,20-21H,11,19H2,1-2H3. The molecule has 122 valence electrons. The van der Waals surface area contributed by atoms with Crippen LogP contribution in [-0.2, 0) is 0 Å². The van der Waals surface area contributed by atoms with Gasteiger partial charge in [0.2, 0.25) is 0 Å². The molecule has 3 atom stereocenters. The van der Waals surface area contributed by atoms with Gasteiger partial charge in [0.25, 0.3) is 0 Å². The third-order valence-electron chi connectivity index (χ3n) is 4.19. The number of hydrogen-bond donors (Lipinski definition) is 3. The van der Waals surface area contributed by atoms with E-state index in [1.54, 1.807) is 7.11 Å². The Morgan fingerprint density at radius 3 is 2.52 bits per heavy atom. The normalized spacial score (nSPS) is 21.8. The molecule has 1 aliphatic heterocycles.